The number of aryl methyl sites for hydroxylation is 1. The molecule has 0 saturated carbocycles. The number of hydrogen-bond donors (Lipinski definition) is 1. The van der Waals surface area contributed by atoms with Crippen LogP contribution in [-0.2, 0) is 12.2 Å². The van der Waals surface area contributed by atoms with E-state index in [0.717, 1.165) is 28.2 Å². The van der Waals surface area contributed by atoms with E-state index in [1.807, 2.05) is 24.3 Å². The summed E-state index contributed by atoms with van der Waals surface area (Å²) in [4.78, 5) is 4.53. The van der Waals surface area contributed by atoms with Gasteiger partial charge in [-0.05, 0) is 30.2 Å². The molecule has 0 unspecified atom stereocenters. The van der Waals surface area contributed by atoms with Crippen LogP contribution in [0, 0.1) is 6.92 Å². The normalized spacial score (nSPS) is 10.8. The van der Waals surface area contributed by atoms with Crippen LogP contribution in [0.1, 0.15) is 22.5 Å². The zero-order valence-electron chi connectivity index (χ0n) is 12.2. The third-order valence-electron chi connectivity index (χ3n) is 3.28. The molecule has 3 aromatic rings. The van der Waals surface area contributed by atoms with Crippen LogP contribution < -0.4 is 0 Å². The summed E-state index contributed by atoms with van der Waals surface area (Å²) in [5.74, 6) is 1.72. The maximum atomic E-state index is 5.88. The molecule has 2 aromatic carbocycles. The Hall–Kier alpha value is -1.78. The van der Waals surface area contributed by atoms with Gasteiger partial charge in [0.05, 0.1) is 0 Å². The topological polar surface area (TPSA) is 41.6 Å². The van der Waals surface area contributed by atoms with Gasteiger partial charge in [-0.15, -0.1) is 5.10 Å². The van der Waals surface area contributed by atoms with Gasteiger partial charge >= 0.3 is 0 Å². The van der Waals surface area contributed by atoms with Crippen LogP contribution in [0.4, 0.5) is 0 Å². The van der Waals surface area contributed by atoms with Crippen LogP contribution in [0.5, 0.6) is 0 Å². The summed E-state index contributed by atoms with van der Waals surface area (Å²) in [5.41, 5.74) is 3.70. The number of nitrogens with one attached hydrogen (secondary N) is 1. The molecule has 0 aliphatic rings. The number of rotatable bonds is 5. The minimum absolute atomic E-state index is 0.757. The highest BCUT2D eigenvalue weighted by Gasteiger charge is 2.05. The highest BCUT2D eigenvalue weighted by molar-refractivity contribution is 7.98. The highest BCUT2D eigenvalue weighted by atomic mass is 35.5. The van der Waals surface area contributed by atoms with Crippen molar-refractivity contribution in [1.29, 1.82) is 0 Å². The lowest BCUT2D eigenvalue weighted by molar-refractivity contribution is 0.956. The average Bonchev–Trinajstić information content (AvgIpc) is 2.97. The monoisotopic (exact) mass is 329 g/mol. The molecule has 0 fully saturated rings. The first-order valence-corrected chi connectivity index (χ1v) is 8.39. The van der Waals surface area contributed by atoms with Crippen LogP contribution in [0.3, 0.4) is 0 Å². The van der Waals surface area contributed by atoms with Crippen molar-refractivity contribution in [3.63, 3.8) is 0 Å². The third kappa shape index (κ3) is 4.12. The lowest BCUT2D eigenvalue weighted by Crippen LogP contribution is -1.90. The van der Waals surface area contributed by atoms with Gasteiger partial charge in [0.25, 0.3) is 0 Å². The molecule has 0 radical (unpaired) electrons. The molecule has 112 valence electrons. The Morgan fingerprint density at radius 1 is 1.00 bits per heavy atom. The maximum absolute atomic E-state index is 5.88. The highest BCUT2D eigenvalue weighted by Crippen LogP contribution is 2.20. The molecule has 0 spiro atoms. The summed E-state index contributed by atoms with van der Waals surface area (Å²) < 4.78 is 0. The number of aromatic amines is 1. The van der Waals surface area contributed by atoms with Crippen LogP contribution >= 0.6 is 23.4 Å². The molecule has 0 aliphatic carbocycles. The first kappa shape index (κ1) is 15.1. The van der Waals surface area contributed by atoms with E-state index in [9.17, 15) is 0 Å². The number of H-pyrrole nitrogens is 1. The van der Waals surface area contributed by atoms with E-state index in [0.29, 0.717) is 0 Å². The van der Waals surface area contributed by atoms with Crippen LogP contribution in [-0.4, -0.2) is 15.2 Å². The van der Waals surface area contributed by atoms with E-state index in [-0.39, 0.29) is 0 Å². The van der Waals surface area contributed by atoms with Crippen molar-refractivity contribution >= 4 is 23.4 Å². The van der Waals surface area contributed by atoms with Crippen LogP contribution in [0.15, 0.2) is 53.7 Å². The Morgan fingerprint density at radius 2 is 1.68 bits per heavy atom. The van der Waals surface area contributed by atoms with Crippen LogP contribution in [0.2, 0.25) is 5.02 Å². The Kier molecular flexibility index (Phi) is 4.80. The first-order valence-electron chi connectivity index (χ1n) is 7.03. The van der Waals surface area contributed by atoms with E-state index in [1.165, 1.54) is 16.7 Å². The van der Waals surface area contributed by atoms with Crippen molar-refractivity contribution in [1.82, 2.24) is 15.2 Å². The summed E-state index contributed by atoms with van der Waals surface area (Å²) in [5, 5.41) is 8.81. The van der Waals surface area contributed by atoms with Crippen molar-refractivity contribution < 1.29 is 0 Å². The smallest absolute Gasteiger partial charge is 0.208 e. The summed E-state index contributed by atoms with van der Waals surface area (Å²) >= 11 is 7.50. The largest absolute Gasteiger partial charge is 0.262 e. The Balaban J connectivity index is 1.59. The Morgan fingerprint density at radius 3 is 2.41 bits per heavy atom. The maximum Gasteiger partial charge on any atom is 0.208 e. The minimum atomic E-state index is 0.757. The molecular weight excluding hydrogens is 314 g/mol. The number of aromatic nitrogens is 3. The summed E-state index contributed by atoms with van der Waals surface area (Å²) in [6.45, 7) is 2.09. The molecule has 1 aromatic heterocycles. The number of thioether (sulfide) groups is 1. The van der Waals surface area contributed by atoms with Gasteiger partial charge in [-0.3, -0.25) is 5.10 Å². The SMILES string of the molecule is Cc1ccc(Cc2nc(SCc3ccc(Cl)cc3)n[nH]2)cc1. The van der Waals surface area contributed by atoms with Gasteiger partial charge in [0.2, 0.25) is 5.16 Å². The molecule has 3 rings (SSSR count). The molecule has 0 bridgehead atoms. The second kappa shape index (κ2) is 6.99. The predicted octanol–water partition coefficient (Wildman–Crippen LogP) is 4.65. The van der Waals surface area contributed by atoms with Crippen molar-refractivity contribution in [2.24, 2.45) is 0 Å². The second-order valence-electron chi connectivity index (χ2n) is 5.14. The second-order valence-corrected chi connectivity index (χ2v) is 6.52. The summed E-state index contributed by atoms with van der Waals surface area (Å²) in [7, 11) is 0. The molecule has 3 nitrogen and oxygen atoms in total. The predicted molar refractivity (Wildman–Crippen MR) is 91.4 cm³/mol. The van der Waals surface area contributed by atoms with Gasteiger partial charge in [0.15, 0.2) is 0 Å². The zero-order chi connectivity index (χ0) is 15.4. The molecule has 1 heterocycles. The molecular formula is C17H16ClN3S. The number of benzene rings is 2. The molecule has 0 atom stereocenters. The van der Waals surface area contributed by atoms with Crippen molar-refractivity contribution in [3.05, 3.63) is 76.1 Å². The van der Waals surface area contributed by atoms with Gasteiger partial charge < -0.3 is 0 Å². The number of nitrogens with zero attached hydrogens (tertiary/aromatic N) is 2. The summed E-state index contributed by atoms with van der Waals surface area (Å²) in [6, 6.07) is 16.3. The van der Waals surface area contributed by atoms with E-state index in [4.69, 9.17) is 11.6 Å². The van der Waals surface area contributed by atoms with Gasteiger partial charge in [0, 0.05) is 17.2 Å². The van der Waals surface area contributed by atoms with Crippen LogP contribution in [0.25, 0.3) is 0 Å². The fraction of sp³-hybridized carbons (Fsp3) is 0.176. The van der Waals surface area contributed by atoms with E-state index in [1.54, 1.807) is 11.8 Å². The van der Waals surface area contributed by atoms with Gasteiger partial charge in [-0.1, -0.05) is 65.3 Å². The number of halogens is 1. The number of hydrogen-bond acceptors (Lipinski definition) is 3. The van der Waals surface area contributed by atoms with Crippen molar-refractivity contribution in [2.45, 2.75) is 24.3 Å². The van der Waals surface area contributed by atoms with E-state index >= 15 is 0 Å². The quantitative estimate of drug-likeness (QED) is 0.693. The lowest BCUT2D eigenvalue weighted by Gasteiger charge is -1.99. The Labute approximate surface area is 139 Å². The van der Waals surface area contributed by atoms with Crippen molar-refractivity contribution in [3.8, 4) is 0 Å². The standard InChI is InChI=1S/C17H16ClN3S/c1-12-2-4-13(5-3-12)10-16-19-17(21-20-16)22-11-14-6-8-15(18)9-7-14/h2-9H,10-11H2,1H3,(H,19,20,21). The molecule has 1 N–H and O–H groups in total. The first-order chi connectivity index (χ1) is 10.7. The van der Waals surface area contributed by atoms with Gasteiger partial charge in [-0.2, -0.15) is 0 Å². The third-order valence-corrected chi connectivity index (χ3v) is 4.45. The fourth-order valence-electron chi connectivity index (χ4n) is 2.05. The minimum Gasteiger partial charge on any atom is -0.262 e. The average molecular weight is 330 g/mol. The fourth-order valence-corrected chi connectivity index (χ4v) is 2.95. The zero-order valence-corrected chi connectivity index (χ0v) is 13.8. The molecule has 0 saturated heterocycles. The van der Waals surface area contributed by atoms with Gasteiger partial charge in [0.1, 0.15) is 5.82 Å². The molecule has 5 heteroatoms. The van der Waals surface area contributed by atoms with Crippen molar-refractivity contribution in [2.75, 3.05) is 0 Å². The Bertz CT molecular complexity index is 735. The van der Waals surface area contributed by atoms with E-state index < -0.39 is 0 Å². The lowest BCUT2D eigenvalue weighted by atomic mass is 10.1. The van der Waals surface area contributed by atoms with E-state index in [2.05, 4.69) is 46.4 Å². The van der Waals surface area contributed by atoms with Gasteiger partial charge in [-0.25, -0.2) is 4.98 Å². The summed E-state index contributed by atoms with van der Waals surface area (Å²) in [6.07, 6.45) is 0.773. The molecule has 0 aliphatic heterocycles. The molecule has 0 amide bonds. The molecule has 22 heavy (non-hydrogen) atoms.